The summed E-state index contributed by atoms with van der Waals surface area (Å²) in [5.74, 6) is -1.45. The monoisotopic (exact) mass is 297 g/mol. The highest BCUT2D eigenvalue weighted by molar-refractivity contribution is 5.87. The van der Waals surface area contributed by atoms with Gasteiger partial charge in [0, 0.05) is 0 Å². The van der Waals surface area contributed by atoms with E-state index >= 15 is 0 Å². The van der Waals surface area contributed by atoms with E-state index in [1.165, 1.54) is 6.92 Å². The molecule has 0 fully saturated rings. The van der Waals surface area contributed by atoms with E-state index in [9.17, 15) is 14.9 Å². The van der Waals surface area contributed by atoms with E-state index in [2.05, 4.69) is 13.8 Å². The number of carbonyl (C=O) groups is 2. The van der Waals surface area contributed by atoms with Crippen molar-refractivity contribution in [3.8, 4) is 6.07 Å². The average molecular weight is 297 g/mol. The number of hydrogen-bond acceptors (Lipinski definition) is 5. The van der Waals surface area contributed by atoms with Gasteiger partial charge in [0.2, 0.25) is 0 Å². The summed E-state index contributed by atoms with van der Waals surface area (Å²) in [7, 11) is 0. The molecule has 0 aromatic heterocycles. The number of hydrogen-bond donors (Lipinski definition) is 0. The minimum Gasteiger partial charge on any atom is -0.466 e. The first-order chi connectivity index (χ1) is 9.83. The fourth-order valence-electron chi connectivity index (χ4n) is 2.16. The van der Waals surface area contributed by atoms with Crippen LogP contribution in [0.2, 0.25) is 0 Å². The lowest BCUT2D eigenvalue weighted by atomic mass is 9.75. The smallest absolute Gasteiger partial charge is 0.327 e. The SMILES string of the molecule is CCOC(=O)C(CCCC(C)C)C(C)(C#N)C(=O)OCC. The molecule has 0 bridgehead atoms. The van der Waals surface area contributed by atoms with Gasteiger partial charge in [0.05, 0.1) is 25.2 Å². The van der Waals surface area contributed by atoms with Crippen molar-refractivity contribution in [2.75, 3.05) is 13.2 Å². The molecule has 5 nitrogen and oxygen atoms in total. The van der Waals surface area contributed by atoms with Crippen LogP contribution in [0.3, 0.4) is 0 Å². The van der Waals surface area contributed by atoms with Gasteiger partial charge in [0.15, 0.2) is 5.41 Å². The Labute approximate surface area is 127 Å². The predicted molar refractivity (Wildman–Crippen MR) is 79.2 cm³/mol. The quantitative estimate of drug-likeness (QED) is 0.611. The van der Waals surface area contributed by atoms with Gasteiger partial charge in [0.1, 0.15) is 0 Å². The van der Waals surface area contributed by atoms with Gasteiger partial charge in [-0.25, -0.2) is 0 Å². The second-order valence-electron chi connectivity index (χ2n) is 5.66. The molecular formula is C16H27NO4. The van der Waals surface area contributed by atoms with E-state index in [0.717, 1.165) is 12.8 Å². The minimum atomic E-state index is -1.50. The maximum Gasteiger partial charge on any atom is 0.327 e. The number of rotatable bonds is 9. The van der Waals surface area contributed by atoms with Crippen molar-refractivity contribution in [3.63, 3.8) is 0 Å². The zero-order chi connectivity index (χ0) is 16.5. The van der Waals surface area contributed by atoms with Crippen molar-refractivity contribution in [1.29, 1.82) is 5.26 Å². The van der Waals surface area contributed by atoms with Gasteiger partial charge < -0.3 is 9.47 Å². The van der Waals surface area contributed by atoms with E-state index in [0.29, 0.717) is 12.3 Å². The number of nitrogens with zero attached hydrogens (tertiary/aromatic N) is 1. The van der Waals surface area contributed by atoms with Crippen LogP contribution in [-0.2, 0) is 19.1 Å². The molecule has 0 amide bonds. The summed E-state index contributed by atoms with van der Waals surface area (Å²) in [5, 5.41) is 9.42. The second kappa shape index (κ2) is 9.38. The van der Waals surface area contributed by atoms with Crippen molar-refractivity contribution in [1.82, 2.24) is 0 Å². The molecule has 0 aliphatic rings. The van der Waals surface area contributed by atoms with Gasteiger partial charge >= 0.3 is 11.9 Å². The molecule has 0 saturated heterocycles. The van der Waals surface area contributed by atoms with Crippen molar-refractivity contribution in [2.24, 2.45) is 17.3 Å². The molecule has 0 aliphatic heterocycles. The van der Waals surface area contributed by atoms with Crippen molar-refractivity contribution in [2.45, 2.75) is 53.9 Å². The first-order valence-corrected chi connectivity index (χ1v) is 7.58. The molecule has 0 N–H and O–H groups in total. The molecule has 0 radical (unpaired) electrons. The van der Waals surface area contributed by atoms with Crippen molar-refractivity contribution in [3.05, 3.63) is 0 Å². The van der Waals surface area contributed by atoms with E-state index in [1.807, 2.05) is 6.07 Å². The number of ether oxygens (including phenoxy) is 2. The zero-order valence-corrected chi connectivity index (χ0v) is 13.8. The van der Waals surface area contributed by atoms with Crippen molar-refractivity contribution >= 4 is 11.9 Å². The Morgan fingerprint density at radius 1 is 1.14 bits per heavy atom. The molecule has 0 heterocycles. The first-order valence-electron chi connectivity index (χ1n) is 7.58. The molecule has 21 heavy (non-hydrogen) atoms. The van der Waals surface area contributed by atoms with Crippen LogP contribution in [0, 0.1) is 28.6 Å². The van der Waals surface area contributed by atoms with Gasteiger partial charge in [-0.2, -0.15) is 5.26 Å². The minimum absolute atomic E-state index is 0.178. The molecule has 2 unspecified atom stereocenters. The third-order valence-corrected chi connectivity index (χ3v) is 3.47. The lowest BCUT2D eigenvalue weighted by Crippen LogP contribution is -2.41. The summed E-state index contributed by atoms with van der Waals surface area (Å²) in [6, 6.07) is 1.97. The Bertz CT molecular complexity index is 386. The van der Waals surface area contributed by atoms with Crippen LogP contribution in [0.4, 0.5) is 0 Å². The molecule has 120 valence electrons. The first kappa shape index (κ1) is 19.4. The van der Waals surface area contributed by atoms with Gasteiger partial charge in [-0.3, -0.25) is 9.59 Å². The van der Waals surface area contributed by atoms with Crippen LogP contribution < -0.4 is 0 Å². The number of nitriles is 1. The third-order valence-electron chi connectivity index (χ3n) is 3.47. The summed E-state index contributed by atoms with van der Waals surface area (Å²) in [5.41, 5.74) is -1.50. The van der Waals surface area contributed by atoms with Crippen LogP contribution in [0.1, 0.15) is 53.9 Å². The molecule has 2 atom stereocenters. The molecule has 0 aliphatic carbocycles. The van der Waals surface area contributed by atoms with Crippen LogP contribution >= 0.6 is 0 Å². The predicted octanol–water partition coefficient (Wildman–Crippen LogP) is 3.08. The van der Waals surface area contributed by atoms with Gasteiger partial charge in [-0.15, -0.1) is 0 Å². The number of carbonyl (C=O) groups excluding carboxylic acids is 2. The molecule has 5 heteroatoms. The van der Waals surface area contributed by atoms with E-state index in [4.69, 9.17) is 9.47 Å². The van der Waals surface area contributed by atoms with Crippen LogP contribution in [0.15, 0.2) is 0 Å². The molecule has 0 saturated carbocycles. The second-order valence-corrected chi connectivity index (χ2v) is 5.66. The van der Waals surface area contributed by atoms with E-state index < -0.39 is 23.3 Å². The maximum atomic E-state index is 12.2. The molecule has 0 aromatic carbocycles. The molecular weight excluding hydrogens is 270 g/mol. The highest BCUT2D eigenvalue weighted by Gasteiger charge is 2.47. The average Bonchev–Trinajstić information content (AvgIpc) is 2.43. The lowest BCUT2D eigenvalue weighted by molar-refractivity contribution is -0.164. The maximum absolute atomic E-state index is 12.2. The van der Waals surface area contributed by atoms with Gasteiger partial charge in [0.25, 0.3) is 0 Å². The molecule has 0 spiro atoms. The van der Waals surface area contributed by atoms with Gasteiger partial charge in [-0.05, 0) is 33.1 Å². The summed E-state index contributed by atoms with van der Waals surface area (Å²) in [6.45, 7) is 9.43. The topological polar surface area (TPSA) is 76.4 Å². The third kappa shape index (κ3) is 5.74. The van der Waals surface area contributed by atoms with Gasteiger partial charge in [-0.1, -0.05) is 26.7 Å². The van der Waals surface area contributed by atoms with Crippen LogP contribution in [0.5, 0.6) is 0 Å². The fraction of sp³-hybridized carbons (Fsp3) is 0.812. The van der Waals surface area contributed by atoms with E-state index in [1.54, 1.807) is 13.8 Å². The highest BCUT2D eigenvalue weighted by Crippen LogP contribution is 2.34. The molecule has 0 aromatic rings. The lowest BCUT2D eigenvalue weighted by Gasteiger charge is -2.28. The highest BCUT2D eigenvalue weighted by atomic mass is 16.5. The Morgan fingerprint density at radius 2 is 1.71 bits per heavy atom. The summed E-state index contributed by atoms with van der Waals surface area (Å²) in [6.07, 6.45) is 2.14. The number of esters is 2. The Kier molecular flexibility index (Phi) is 8.68. The van der Waals surface area contributed by atoms with E-state index in [-0.39, 0.29) is 13.2 Å². The normalized spacial score (nSPS) is 14.9. The Balaban J connectivity index is 5.18. The zero-order valence-electron chi connectivity index (χ0n) is 13.8. The summed E-state index contributed by atoms with van der Waals surface area (Å²) >= 11 is 0. The van der Waals surface area contributed by atoms with Crippen LogP contribution in [0.25, 0.3) is 0 Å². The summed E-state index contributed by atoms with van der Waals surface area (Å²) in [4.78, 5) is 24.2. The molecule has 0 rings (SSSR count). The Morgan fingerprint density at radius 3 is 2.14 bits per heavy atom. The fourth-order valence-corrected chi connectivity index (χ4v) is 2.16. The largest absolute Gasteiger partial charge is 0.466 e. The standard InChI is InChI=1S/C16H27NO4/c1-6-20-14(18)13(10-8-9-12(3)4)16(5,11-17)15(19)21-7-2/h12-13H,6-10H2,1-5H3. The van der Waals surface area contributed by atoms with Crippen LogP contribution in [-0.4, -0.2) is 25.2 Å². The van der Waals surface area contributed by atoms with Crippen molar-refractivity contribution < 1.29 is 19.1 Å². The summed E-state index contributed by atoms with van der Waals surface area (Å²) < 4.78 is 10.0. The Hall–Kier alpha value is -1.57.